The Morgan fingerprint density at radius 1 is 1.00 bits per heavy atom. The predicted octanol–water partition coefficient (Wildman–Crippen LogP) is 4.64. The van der Waals surface area contributed by atoms with Crippen LogP contribution in [-0.4, -0.2) is 20.2 Å². The molecule has 4 rings (SSSR count). The molecule has 0 saturated carbocycles. The van der Waals surface area contributed by atoms with E-state index in [9.17, 15) is 0 Å². The highest BCUT2D eigenvalue weighted by Crippen LogP contribution is 2.27. The minimum Gasteiger partial charge on any atom is -0.264 e. The van der Waals surface area contributed by atoms with Gasteiger partial charge >= 0.3 is 0 Å². The highest BCUT2D eigenvalue weighted by atomic mass is 32.2. The van der Waals surface area contributed by atoms with Gasteiger partial charge in [-0.2, -0.15) is 5.10 Å². The van der Waals surface area contributed by atoms with Gasteiger partial charge in [0.25, 0.3) is 0 Å². The Kier molecular flexibility index (Phi) is 5.27. The summed E-state index contributed by atoms with van der Waals surface area (Å²) in [4.78, 5) is 9.94. The van der Waals surface area contributed by atoms with Gasteiger partial charge in [-0.25, -0.2) is 4.98 Å². The molecule has 2 heterocycles. The Morgan fingerprint density at radius 3 is 2.70 bits per heavy atom. The molecule has 0 aliphatic heterocycles. The van der Waals surface area contributed by atoms with Crippen molar-refractivity contribution in [3.05, 3.63) is 84.2 Å². The molecule has 0 aliphatic rings. The van der Waals surface area contributed by atoms with Crippen molar-refractivity contribution in [2.75, 3.05) is 0 Å². The number of pyridine rings is 1. The Bertz CT molecular complexity index is 1020. The molecule has 0 saturated heterocycles. The molecule has 2 aromatic carbocycles. The number of aromatic amines is 1. The van der Waals surface area contributed by atoms with E-state index < -0.39 is 0 Å². The zero-order valence-corrected chi connectivity index (χ0v) is 15.7. The van der Waals surface area contributed by atoms with Crippen molar-refractivity contribution in [1.82, 2.24) is 24.9 Å². The van der Waals surface area contributed by atoms with E-state index in [1.54, 1.807) is 18.1 Å². The molecule has 2 N–H and O–H groups in total. The summed E-state index contributed by atoms with van der Waals surface area (Å²) in [5.74, 6) is 1.47. The van der Waals surface area contributed by atoms with E-state index in [0.29, 0.717) is 5.82 Å². The molecule has 4 aromatic rings. The zero-order chi connectivity index (χ0) is 18.5. The first kappa shape index (κ1) is 17.5. The third-order valence-corrected chi connectivity index (χ3v) is 5.11. The number of nitrogens with zero attached hydrogens (tertiary/aromatic N) is 3. The van der Waals surface area contributed by atoms with E-state index in [-0.39, 0.29) is 0 Å². The fourth-order valence-corrected chi connectivity index (χ4v) is 3.47. The summed E-state index contributed by atoms with van der Waals surface area (Å²) in [6.07, 6.45) is 3.65. The molecule has 0 radical (unpaired) electrons. The predicted molar refractivity (Wildman–Crippen MR) is 109 cm³/mol. The topological polar surface area (TPSA) is 66.5 Å². The van der Waals surface area contributed by atoms with Gasteiger partial charge in [-0.15, -0.1) is 0 Å². The highest BCUT2D eigenvalue weighted by molar-refractivity contribution is 7.97. The monoisotopic (exact) mass is 373 g/mol. The van der Waals surface area contributed by atoms with Crippen molar-refractivity contribution < 1.29 is 0 Å². The minimum atomic E-state index is 0.697. The highest BCUT2D eigenvalue weighted by Gasteiger charge is 2.10. The van der Waals surface area contributed by atoms with Gasteiger partial charge in [0, 0.05) is 35.0 Å². The van der Waals surface area contributed by atoms with Gasteiger partial charge in [0.2, 0.25) is 0 Å². The molecular formula is C21H19N5S. The third kappa shape index (κ3) is 4.24. The van der Waals surface area contributed by atoms with E-state index in [1.807, 2.05) is 42.6 Å². The average Bonchev–Trinajstić information content (AvgIpc) is 3.21. The van der Waals surface area contributed by atoms with E-state index in [1.165, 1.54) is 5.56 Å². The van der Waals surface area contributed by atoms with Crippen LogP contribution in [0.1, 0.15) is 11.1 Å². The number of aromatic nitrogens is 4. The summed E-state index contributed by atoms with van der Waals surface area (Å²) in [6, 6.07) is 20.3. The Balaban J connectivity index is 1.50. The van der Waals surface area contributed by atoms with Crippen molar-refractivity contribution in [3.8, 4) is 22.8 Å². The first-order valence-electron chi connectivity index (χ1n) is 8.67. The van der Waals surface area contributed by atoms with Gasteiger partial charge in [0.15, 0.2) is 11.6 Å². The number of nitrogens with one attached hydrogen (secondary N) is 2. The summed E-state index contributed by atoms with van der Waals surface area (Å²) in [6.45, 7) is 2.85. The van der Waals surface area contributed by atoms with Crippen LogP contribution in [0.15, 0.2) is 78.0 Å². The Hall–Kier alpha value is -2.96. The maximum atomic E-state index is 4.64. The molecule has 0 amide bonds. The first-order valence-corrected chi connectivity index (χ1v) is 9.49. The van der Waals surface area contributed by atoms with Crippen LogP contribution >= 0.6 is 11.9 Å². The molecule has 6 heteroatoms. The number of hydrogen-bond donors (Lipinski definition) is 2. The smallest absolute Gasteiger partial charge is 0.181 e. The zero-order valence-electron chi connectivity index (χ0n) is 14.9. The van der Waals surface area contributed by atoms with Crippen LogP contribution in [0, 0.1) is 6.92 Å². The summed E-state index contributed by atoms with van der Waals surface area (Å²) >= 11 is 1.61. The molecule has 2 aromatic heterocycles. The molecule has 0 unspecified atom stereocenters. The minimum absolute atomic E-state index is 0.697. The SMILES string of the molecule is Cc1ccc(-c2n[nH]c(-c3ccccc3)n2)cc1SNCc1cccnc1. The van der Waals surface area contributed by atoms with Gasteiger partial charge < -0.3 is 0 Å². The van der Waals surface area contributed by atoms with Crippen LogP contribution < -0.4 is 4.72 Å². The van der Waals surface area contributed by atoms with Crippen molar-refractivity contribution in [2.45, 2.75) is 18.4 Å². The standard InChI is InChI=1S/C21H19N5S/c1-15-9-10-18(12-19(15)27-23-14-16-6-5-11-22-13-16)21-24-20(25-26-21)17-7-3-2-4-8-17/h2-13,23H,14H2,1H3,(H,24,25,26). The molecule has 27 heavy (non-hydrogen) atoms. The molecule has 134 valence electrons. The van der Waals surface area contributed by atoms with E-state index >= 15 is 0 Å². The van der Waals surface area contributed by atoms with Gasteiger partial charge in [-0.1, -0.05) is 48.5 Å². The van der Waals surface area contributed by atoms with Gasteiger partial charge in [0.05, 0.1) is 0 Å². The van der Waals surface area contributed by atoms with Gasteiger partial charge in [-0.05, 0) is 42.1 Å². The molecule has 0 fully saturated rings. The van der Waals surface area contributed by atoms with Crippen LogP contribution in [0.25, 0.3) is 22.8 Å². The maximum absolute atomic E-state index is 4.64. The van der Waals surface area contributed by atoms with Gasteiger partial charge in [-0.3, -0.25) is 14.8 Å². The van der Waals surface area contributed by atoms with Crippen LogP contribution in [0.4, 0.5) is 0 Å². The lowest BCUT2D eigenvalue weighted by Gasteiger charge is -2.08. The maximum Gasteiger partial charge on any atom is 0.181 e. The van der Waals surface area contributed by atoms with Crippen molar-refractivity contribution in [3.63, 3.8) is 0 Å². The Morgan fingerprint density at radius 2 is 1.89 bits per heavy atom. The van der Waals surface area contributed by atoms with E-state index in [0.717, 1.165) is 34.0 Å². The fraction of sp³-hybridized carbons (Fsp3) is 0.0952. The largest absolute Gasteiger partial charge is 0.264 e. The van der Waals surface area contributed by atoms with Gasteiger partial charge in [0.1, 0.15) is 0 Å². The molecule has 5 nitrogen and oxygen atoms in total. The second-order valence-corrected chi connectivity index (χ2v) is 7.07. The quantitative estimate of drug-likeness (QED) is 0.482. The van der Waals surface area contributed by atoms with Crippen molar-refractivity contribution in [1.29, 1.82) is 0 Å². The average molecular weight is 373 g/mol. The molecular weight excluding hydrogens is 354 g/mol. The second-order valence-electron chi connectivity index (χ2n) is 6.14. The van der Waals surface area contributed by atoms with Crippen LogP contribution in [0.5, 0.6) is 0 Å². The Labute approximate surface area is 162 Å². The van der Waals surface area contributed by atoms with Crippen LogP contribution in [0.2, 0.25) is 0 Å². The molecule has 0 bridgehead atoms. The first-order chi connectivity index (χ1) is 13.3. The summed E-state index contributed by atoms with van der Waals surface area (Å²) < 4.78 is 3.40. The lowest BCUT2D eigenvalue weighted by atomic mass is 10.1. The van der Waals surface area contributed by atoms with Crippen LogP contribution in [0.3, 0.4) is 0 Å². The molecule has 0 aliphatic carbocycles. The normalized spacial score (nSPS) is 10.9. The summed E-state index contributed by atoms with van der Waals surface area (Å²) in [7, 11) is 0. The fourth-order valence-electron chi connectivity index (χ4n) is 2.67. The lowest BCUT2D eigenvalue weighted by molar-refractivity contribution is 0.961. The van der Waals surface area contributed by atoms with Crippen molar-refractivity contribution in [2.24, 2.45) is 0 Å². The number of rotatable bonds is 6. The number of H-pyrrole nitrogens is 1. The number of benzene rings is 2. The lowest BCUT2D eigenvalue weighted by Crippen LogP contribution is -2.03. The molecule has 0 spiro atoms. The third-order valence-electron chi connectivity index (χ3n) is 4.16. The van der Waals surface area contributed by atoms with E-state index in [2.05, 4.69) is 56.1 Å². The number of hydrogen-bond acceptors (Lipinski definition) is 5. The summed E-state index contributed by atoms with van der Waals surface area (Å²) in [5.41, 5.74) is 4.38. The van der Waals surface area contributed by atoms with Crippen molar-refractivity contribution >= 4 is 11.9 Å². The van der Waals surface area contributed by atoms with Crippen LogP contribution in [-0.2, 0) is 6.54 Å². The molecule has 0 atom stereocenters. The number of aryl methyl sites for hydroxylation is 1. The summed E-state index contributed by atoms with van der Waals surface area (Å²) in [5, 5.41) is 7.42. The second kappa shape index (κ2) is 8.16. The van der Waals surface area contributed by atoms with E-state index in [4.69, 9.17) is 0 Å².